The Hall–Kier alpha value is -2.39. The summed E-state index contributed by atoms with van der Waals surface area (Å²) in [5.74, 6) is -0.935. The number of hydrogen-bond donors (Lipinski definition) is 2. The molecular formula is C18H17NO9S3. The molecule has 0 aliphatic heterocycles. The summed E-state index contributed by atoms with van der Waals surface area (Å²) in [5, 5.41) is 4.87. The van der Waals surface area contributed by atoms with E-state index >= 15 is 0 Å². The summed E-state index contributed by atoms with van der Waals surface area (Å²) in [7, 11) is -7.63. The molecule has 0 aliphatic rings. The maximum absolute atomic E-state index is 12.3. The minimum absolute atomic E-state index is 0.0114. The summed E-state index contributed by atoms with van der Waals surface area (Å²) >= 11 is 0.844. The summed E-state index contributed by atoms with van der Waals surface area (Å²) in [4.78, 5) is 5.58. The van der Waals surface area contributed by atoms with E-state index in [2.05, 4.69) is 4.18 Å². The zero-order chi connectivity index (χ0) is 22.6. The van der Waals surface area contributed by atoms with Crippen LogP contribution in [0.3, 0.4) is 0 Å². The number of nitrogen functional groups attached to an aromatic ring is 1. The zero-order valence-corrected chi connectivity index (χ0v) is 18.4. The average Bonchev–Trinajstić information content (AvgIpc) is 2.70. The molecule has 0 saturated carbocycles. The van der Waals surface area contributed by atoms with Gasteiger partial charge in [0.2, 0.25) is 0 Å². The van der Waals surface area contributed by atoms with Crippen molar-refractivity contribution >= 4 is 48.7 Å². The number of fused-ring (bicyclic) bond motifs is 1. The van der Waals surface area contributed by atoms with Gasteiger partial charge in [-0.25, -0.2) is 0 Å². The molecule has 31 heavy (non-hydrogen) atoms. The molecule has 0 spiro atoms. The minimum Gasteiger partial charge on any atom is -0.398 e. The molecule has 0 aliphatic carbocycles. The second-order valence-corrected chi connectivity index (χ2v) is 10.0. The van der Waals surface area contributed by atoms with Gasteiger partial charge in [0.1, 0.15) is 10.6 Å². The zero-order valence-electron chi connectivity index (χ0n) is 15.9. The van der Waals surface area contributed by atoms with E-state index in [1.165, 1.54) is 24.3 Å². The quantitative estimate of drug-likeness (QED) is 0.0871. The second kappa shape index (κ2) is 9.40. The highest BCUT2D eigenvalue weighted by Gasteiger charge is 2.22. The van der Waals surface area contributed by atoms with Crippen LogP contribution in [0.2, 0.25) is 0 Å². The number of nitrogens with two attached hydrogens (primary N) is 1. The Kier molecular flexibility index (Phi) is 7.06. The molecule has 0 aromatic heterocycles. The Morgan fingerprint density at radius 3 is 2.39 bits per heavy atom. The maximum Gasteiger partial charge on any atom is 0.297 e. The number of hydrogen-bond acceptors (Lipinski definition) is 10. The maximum atomic E-state index is 12.3. The summed E-state index contributed by atoms with van der Waals surface area (Å²) in [5.41, 5.74) is 6.14. The third-order valence-corrected chi connectivity index (χ3v) is 6.61. The number of benzene rings is 3. The van der Waals surface area contributed by atoms with Gasteiger partial charge in [0, 0.05) is 16.0 Å². The molecule has 0 saturated heterocycles. The molecule has 3 aromatic rings. The van der Waals surface area contributed by atoms with Gasteiger partial charge in [0.25, 0.3) is 20.2 Å². The van der Waals surface area contributed by atoms with Gasteiger partial charge in [0.15, 0.2) is 5.75 Å². The monoisotopic (exact) mass is 487 g/mol. The summed E-state index contributed by atoms with van der Waals surface area (Å²) in [6.45, 7) is 0. The van der Waals surface area contributed by atoms with Gasteiger partial charge in [-0.2, -0.15) is 16.8 Å². The van der Waals surface area contributed by atoms with Crippen LogP contribution in [0.1, 0.15) is 5.56 Å². The normalized spacial score (nSPS) is 12.2. The van der Waals surface area contributed by atoms with E-state index in [-0.39, 0.29) is 32.7 Å². The first kappa shape index (κ1) is 23.3. The van der Waals surface area contributed by atoms with Crippen LogP contribution in [0.25, 0.3) is 10.8 Å². The predicted octanol–water partition coefficient (Wildman–Crippen LogP) is 3.09. The standard InChI is InChI=1S/C18H17NO9S3/c1-25-31(23,24)17-8-7-15(19)18-14(17)9-12(11-30(20,21)22)10-16(18)26-27-28-29-13-5-3-2-4-6-13/h2-10H,11,19H2,1H3,(H,20,21,22). The minimum atomic E-state index is -4.43. The van der Waals surface area contributed by atoms with Gasteiger partial charge in [-0.3, -0.25) is 8.74 Å². The molecule has 0 heterocycles. The lowest BCUT2D eigenvalue weighted by Crippen LogP contribution is -2.07. The molecule has 0 amide bonds. The first-order valence-electron chi connectivity index (χ1n) is 8.44. The molecule has 0 fully saturated rings. The first-order valence-corrected chi connectivity index (χ1v) is 12.2. The highest BCUT2D eigenvalue weighted by atomic mass is 32.2. The molecule has 13 heteroatoms. The van der Waals surface area contributed by atoms with E-state index < -0.39 is 26.0 Å². The second-order valence-electron chi connectivity index (χ2n) is 6.13. The van der Waals surface area contributed by atoms with E-state index in [4.69, 9.17) is 20.0 Å². The Labute approximate surface area is 182 Å². The molecule has 3 N–H and O–H groups in total. The first-order chi connectivity index (χ1) is 14.6. The lowest BCUT2D eigenvalue weighted by Gasteiger charge is -2.14. The van der Waals surface area contributed by atoms with Crippen molar-refractivity contribution in [3.63, 3.8) is 0 Å². The molecule has 0 radical (unpaired) electrons. The molecule has 166 valence electrons. The van der Waals surface area contributed by atoms with Crippen LogP contribution in [-0.4, -0.2) is 28.5 Å². The van der Waals surface area contributed by atoms with Gasteiger partial charge in [0.05, 0.1) is 24.5 Å². The Bertz CT molecular complexity index is 1290. The Morgan fingerprint density at radius 1 is 1.03 bits per heavy atom. The fraction of sp³-hybridized carbons (Fsp3) is 0.111. The van der Waals surface area contributed by atoms with Crippen molar-refractivity contribution in [3.8, 4) is 5.75 Å². The topological polar surface area (TPSA) is 151 Å². The molecule has 0 bridgehead atoms. The summed E-state index contributed by atoms with van der Waals surface area (Å²) in [6.07, 6.45) is 0. The van der Waals surface area contributed by atoms with Crippen LogP contribution in [0.15, 0.2) is 64.4 Å². The number of anilines is 1. The fourth-order valence-electron chi connectivity index (χ4n) is 2.75. The van der Waals surface area contributed by atoms with Crippen molar-refractivity contribution in [2.75, 3.05) is 12.8 Å². The lowest BCUT2D eigenvalue weighted by atomic mass is 10.0. The van der Waals surface area contributed by atoms with E-state index in [1.54, 1.807) is 24.3 Å². The van der Waals surface area contributed by atoms with Crippen LogP contribution in [-0.2, 0) is 39.5 Å². The van der Waals surface area contributed by atoms with Crippen molar-refractivity contribution in [3.05, 3.63) is 60.2 Å². The number of rotatable bonds is 9. The highest BCUT2D eigenvalue weighted by molar-refractivity contribution is 7.94. The molecular weight excluding hydrogens is 470 g/mol. The average molecular weight is 488 g/mol. The third-order valence-electron chi connectivity index (χ3n) is 3.99. The SMILES string of the molecule is COS(=O)(=O)c1ccc(N)c2c(OOOSc3ccccc3)cc(CS(=O)(=O)O)cc12. The smallest absolute Gasteiger partial charge is 0.297 e. The van der Waals surface area contributed by atoms with Crippen molar-refractivity contribution in [2.24, 2.45) is 0 Å². The van der Waals surface area contributed by atoms with Crippen LogP contribution >= 0.6 is 12.0 Å². The van der Waals surface area contributed by atoms with E-state index in [0.717, 1.165) is 19.2 Å². The van der Waals surface area contributed by atoms with Crippen molar-refractivity contribution in [1.29, 1.82) is 0 Å². The van der Waals surface area contributed by atoms with Crippen molar-refractivity contribution in [2.45, 2.75) is 15.5 Å². The van der Waals surface area contributed by atoms with Crippen LogP contribution < -0.4 is 10.6 Å². The Morgan fingerprint density at radius 2 is 1.74 bits per heavy atom. The van der Waals surface area contributed by atoms with Gasteiger partial charge >= 0.3 is 0 Å². The molecule has 3 aromatic carbocycles. The molecule has 10 nitrogen and oxygen atoms in total. The van der Waals surface area contributed by atoms with Gasteiger partial charge < -0.3 is 10.6 Å². The van der Waals surface area contributed by atoms with Gasteiger partial charge in [-0.15, -0.1) is 4.33 Å². The lowest BCUT2D eigenvalue weighted by molar-refractivity contribution is -0.403. The van der Waals surface area contributed by atoms with Crippen molar-refractivity contribution in [1.82, 2.24) is 0 Å². The fourth-order valence-corrected chi connectivity index (χ4v) is 4.59. The molecule has 3 rings (SSSR count). The van der Waals surface area contributed by atoms with Crippen LogP contribution in [0.5, 0.6) is 5.75 Å². The third kappa shape index (κ3) is 5.86. The molecule has 0 atom stereocenters. The molecule has 0 unspecified atom stereocenters. The van der Waals surface area contributed by atoms with Crippen LogP contribution in [0.4, 0.5) is 5.69 Å². The van der Waals surface area contributed by atoms with E-state index in [1.807, 2.05) is 6.07 Å². The van der Waals surface area contributed by atoms with E-state index in [9.17, 15) is 21.4 Å². The predicted molar refractivity (Wildman–Crippen MR) is 113 cm³/mol. The summed E-state index contributed by atoms with van der Waals surface area (Å²) in [6, 6.07) is 13.9. The highest BCUT2D eigenvalue weighted by Crippen LogP contribution is 2.37. The van der Waals surface area contributed by atoms with E-state index in [0.29, 0.717) is 4.90 Å². The summed E-state index contributed by atoms with van der Waals surface area (Å²) < 4.78 is 66.0. The largest absolute Gasteiger partial charge is 0.398 e. The van der Waals surface area contributed by atoms with Crippen molar-refractivity contribution < 1.29 is 39.8 Å². The van der Waals surface area contributed by atoms with Crippen LogP contribution in [0, 0.1) is 0 Å². The van der Waals surface area contributed by atoms with Gasteiger partial charge in [-0.05, 0) is 47.0 Å². The Balaban J connectivity index is 2.02. The van der Waals surface area contributed by atoms with Gasteiger partial charge in [-0.1, -0.05) is 18.2 Å².